The lowest BCUT2D eigenvalue weighted by Crippen LogP contribution is -2.15. The average Bonchev–Trinajstić information content (AvgIpc) is 3.12. The van der Waals surface area contributed by atoms with E-state index in [0.29, 0.717) is 92.1 Å². The van der Waals surface area contributed by atoms with Crippen molar-refractivity contribution in [3.05, 3.63) is 0 Å². The normalized spacial score (nSPS) is 11.3. The lowest BCUT2D eigenvalue weighted by atomic mass is 10.0. The highest BCUT2D eigenvalue weighted by molar-refractivity contribution is 5.69. The number of ether oxygens (including phenoxy) is 8. The molecule has 0 bridgehead atoms. The van der Waals surface area contributed by atoms with Crippen molar-refractivity contribution >= 4 is 11.9 Å². The summed E-state index contributed by atoms with van der Waals surface area (Å²) < 4.78 is 43.3. The molecule has 0 fully saturated rings. The molecule has 0 aliphatic rings. The summed E-state index contributed by atoms with van der Waals surface area (Å²) in [4.78, 5) is 23.6. The molecule has 0 aromatic heterocycles. The van der Waals surface area contributed by atoms with Crippen molar-refractivity contribution in [3.63, 3.8) is 0 Å². The molecular formula is C40H78O10. The van der Waals surface area contributed by atoms with E-state index < -0.39 is 0 Å². The summed E-state index contributed by atoms with van der Waals surface area (Å²) in [7, 11) is 0. The first kappa shape index (κ1) is 48.7. The molecule has 0 aliphatic carbocycles. The van der Waals surface area contributed by atoms with Crippen LogP contribution in [0.25, 0.3) is 0 Å². The first-order valence-corrected chi connectivity index (χ1v) is 20.5. The molecular weight excluding hydrogens is 640 g/mol. The maximum absolute atomic E-state index is 11.9. The third-order valence-electron chi connectivity index (χ3n) is 8.31. The van der Waals surface area contributed by atoms with E-state index in [-0.39, 0.29) is 25.2 Å². The molecule has 0 saturated carbocycles. The van der Waals surface area contributed by atoms with Gasteiger partial charge in [0.05, 0.1) is 79.3 Å². The number of rotatable bonds is 43. The second-order valence-electron chi connectivity index (χ2n) is 13.0. The van der Waals surface area contributed by atoms with Gasteiger partial charge in [-0.05, 0) is 12.8 Å². The number of carbonyl (C=O) groups excluding carboxylic acids is 2. The second kappa shape index (κ2) is 43.9. The summed E-state index contributed by atoms with van der Waals surface area (Å²) in [5.41, 5.74) is 0. The van der Waals surface area contributed by atoms with Crippen LogP contribution in [-0.4, -0.2) is 104 Å². The van der Waals surface area contributed by atoms with Crippen molar-refractivity contribution < 1.29 is 47.5 Å². The number of hydrogen-bond donors (Lipinski definition) is 0. The lowest BCUT2D eigenvalue weighted by Gasteiger charge is -2.09. The molecule has 0 radical (unpaired) electrons. The van der Waals surface area contributed by atoms with Crippen LogP contribution in [0, 0.1) is 0 Å². The molecule has 0 aromatic carbocycles. The molecule has 0 saturated heterocycles. The maximum Gasteiger partial charge on any atom is 0.305 e. The molecule has 50 heavy (non-hydrogen) atoms. The first-order chi connectivity index (χ1) is 24.7. The summed E-state index contributed by atoms with van der Waals surface area (Å²) >= 11 is 0. The van der Waals surface area contributed by atoms with E-state index in [1.165, 1.54) is 103 Å². The van der Waals surface area contributed by atoms with Crippen molar-refractivity contribution in [2.75, 3.05) is 92.5 Å². The fourth-order valence-corrected chi connectivity index (χ4v) is 5.29. The van der Waals surface area contributed by atoms with Crippen LogP contribution < -0.4 is 0 Å². The predicted octanol–water partition coefficient (Wildman–Crippen LogP) is 8.79. The zero-order chi connectivity index (χ0) is 36.3. The number of hydrogen-bond acceptors (Lipinski definition) is 10. The molecule has 0 unspecified atom stereocenters. The van der Waals surface area contributed by atoms with Gasteiger partial charge in [-0.1, -0.05) is 129 Å². The molecule has 0 aliphatic heterocycles. The second-order valence-corrected chi connectivity index (χ2v) is 13.0. The third kappa shape index (κ3) is 42.9. The minimum Gasteiger partial charge on any atom is -0.463 e. The number of carbonyl (C=O) groups is 2. The van der Waals surface area contributed by atoms with Crippen molar-refractivity contribution in [3.8, 4) is 0 Å². The summed E-state index contributed by atoms with van der Waals surface area (Å²) in [6.45, 7) is 10.6. The Kier molecular flexibility index (Phi) is 42.7. The highest BCUT2D eigenvalue weighted by atomic mass is 16.6. The third-order valence-corrected chi connectivity index (χ3v) is 8.31. The molecule has 10 nitrogen and oxygen atoms in total. The van der Waals surface area contributed by atoms with Gasteiger partial charge in [0.2, 0.25) is 0 Å². The summed E-state index contributed by atoms with van der Waals surface area (Å²) in [6.07, 6.45) is 26.1. The fourth-order valence-electron chi connectivity index (χ4n) is 5.29. The smallest absolute Gasteiger partial charge is 0.305 e. The molecule has 0 heterocycles. The summed E-state index contributed by atoms with van der Waals surface area (Å²) in [5.74, 6) is -0.271. The molecule has 10 heteroatoms. The van der Waals surface area contributed by atoms with Gasteiger partial charge in [0.25, 0.3) is 0 Å². The topological polar surface area (TPSA) is 108 Å². The van der Waals surface area contributed by atoms with E-state index in [4.69, 9.17) is 37.9 Å². The van der Waals surface area contributed by atoms with Crippen LogP contribution in [0.4, 0.5) is 0 Å². The van der Waals surface area contributed by atoms with E-state index in [2.05, 4.69) is 13.8 Å². The minimum absolute atomic E-state index is 0.132. The average molecular weight is 719 g/mol. The van der Waals surface area contributed by atoms with E-state index in [0.717, 1.165) is 25.7 Å². The zero-order valence-electron chi connectivity index (χ0n) is 32.5. The van der Waals surface area contributed by atoms with Gasteiger partial charge in [-0.25, -0.2) is 0 Å². The highest BCUT2D eigenvalue weighted by Crippen LogP contribution is 2.13. The van der Waals surface area contributed by atoms with Crippen LogP contribution in [0.5, 0.6) is 0 Å². The standard InChI is InChI=1S/C40H78O10/c1-3-5-7-9-11-12-13-14-15-16-18-20-22-24-40(42)50-38-36-48-34-32-46-30-28-44-26-25-43-27-29-45-31-33-47-35-37-49-39(41)23-21-19-17-10-8-6-4-2/h3-38H2,1-2H3. The quantitative estimate of drug-likeness (QED) is 0.0448. The number of unbranched alkanes of at least 4 members (excludes halogenated alkanes) is 18. The lowest BCUT2D eigenvalue weighted by molar-refractivity contribution is -0.146. The minimum atomic E-state index is -0.140. The van der Waals surface area contributed by atoms with Crippen molar-refractivity contribution in [1.29, 1.82) is 0 Å². The Hall–Kier alpha value is -1.30. The molecule has 298 valence electrons. The van der Waals surface area contributed by atoms with Gasteiger partial charge in [0.15, 0.2) is 0 Å². The summed E-state index contributed by atoms with van der Waals surface area (Å²) in [6, 6.07) is 0. The van der Waals surface area contributed by atoms with Gasteiger partial charge in [-0.2, -0.15) is 0 Å². The van der Waals surface area contributed by atoms with Gasteiger partial charge in [-0.3, -0.25) is 9.59 Å². The van der Waals surface area contributed by atoms with Crippen LogP contribution in [0.1, 0.15) is 155 Å². The van der Waals surface area contributed by atoms with Gasteiger partial charge in [0, 0.05) is 12.8 Å². The van der Waals surface area contributed by atoms with E-state index in [9.17, 15) is 9.59 Å². The van der Waals surface area contributed by atoms with E-state index in [1.54, 1.807) is 0 Å². The Morgan fingerprint density at radius 3 is 0.720 bits per heavy atom. The monoisotopic (exact) mass is 719 g/mol. The Labute approximate surface area is 306 Å². The molecule has 0 atom stereocenters. The molecule has 0 aromatic rings. The maximum atomic E-state index is 11.9. The Balaban J connectivity index is 3.17. The SMILES string of the molecule is CCCCCCCCCCCCCCCC(=O)OCCOCCOCCOCCOCCOCCOCCOC(=O)CCCCCCCCC. The van der Waals surface area contributed by atoms with Gasteiger partial charge < -0.3 is 37.9 Å². The first-order valence-electron chi connectivity index (χ1n) is 20.5. The molecule has 0 N–H and O–H groups in total. The van der Waals surface area contributed by atoms with Gasteiger partial charge in [-0.15, -0.1) is 0 Å². The highest BCUT2D eigenvalue weighted by Gasteiger charge is 2.04. The largest absolute Gasteiger partial charge is 0.463 e. The zero-order valence-corrected chi connectivity index (χ0v) is 32.5. The molecule has 0 rings (SSSR count). The predicted molar refractivity (Wildman–Crippen MR) is 200 cm³/mol. The van der Waals surface area contributed by atoms with Crippen LogP contribution >= 0.6 is 0 Å². The van der Waals surface area contributed by atoms with Crippen LogP contribution in [0.3, 0.4) is 0 Å². The Morgan fingerprint density at radius 2 is 0.480 bits per heavy atom. The number of esters is 2. The van der Waals surface area contributed by atoms with Crippen LogP contribution in [-0.2, 0) is 47.5 Å². The molecule has 0 spiro atoms. The van der Waals surface area contributed by atoms with Gasteiger partial charge in [0.1, 0.15) is 13.2 Å². The van der Waals surface area contributed by atoms with E-state index in [1.807, 2.05) is 0 Å². The van der Waals surface area contributed by atoms with Crippen molar-refractivity contribution in [2.45, 2.75) is 155 Å². The summed E-state index contributed by atoms with van der Waals surface area (Å²) in [5, 5.41) is 0. The van der Waals surface area contributed by atoms with Gasteiger partial charge >= 0.3 is 11.9 Å². The van der Waals surface area contributed by atoms with Crippen LogP contribution in [0.2, 0.25) is 0 Å². The fraction of sp³-hybridized carbons (Fsp3) is 0.950. The van der Waals surface area contributed by atoms with Crippen molar-refractivity contribution in [2.24, 2.45) is 0 Å². The van der Waals surface area contributed by atoms with E-state index >= 15 is 0 Å². The molecule has 0 amide bonds. The van der Waals surface area contributed by atoms with Crippen molar-refractivity contribution in [1.82, 2.24) is 0 Å². The Morgan fingerprint density at radius 1 is 0.280 bits per heavy atom. The Bertz CT molecular complexity index is 679. The van der Waals surface area contributed by atoms with Crippen LogP contribution in [0.15, 0.2) is 0 Å².